The Hall–Kier alpha value is -0.530. The second-order valence-corrected chi connectivity index (χ2v) is 6.38. The molecule has 2 heteroatoms. The van der Waals surface area contributed by atoms with E-state index in [4.69, 9.17) is 11.6 Å². The van der Waals surface area contributed by atoms with Gasteiger partial charge in [0.1, 0.15) is 0 Å². The lowest BCUT2D eigenvalue weighted by Crippen LogP contribution is -2.31. The van der Waals surface area contributed by atoms with Crippen molar-refractivity contribution >= 4 is 11.6 Å². The zero-order valence-corrected chi connectivity index (χ0v) is 12.9. The van der Waals surface area contributed by atoms with Gasteiger partial charge in [0.05, 0.1) is 0 Å². The summed E-state index contributed by atoms with van der Waals surface area (Å²) in [6.45, 7) is 5.81. The van der Waals surface area contributed by atoms with E-state index in [0.29, 0.717) is 6.04 Å². The van der Waals surface area contributed by atoms with Crippen molar-refractivity contribution in [3.05, 3.63) is 34.9 Å². The van der Waals surface area contributed by atoms with Gasteiger partial charge in [0.2, 0.25) is 0 Å². The van der Waals surface area contributed by atoms with Crippen molar-refractivity contribution in [3.8, 4) is 0 Å². The first-order valence-corrected chi connectivity index (χ1v) is 8.07. The number of rotatable bonds is 5. The van der Waals surface area contributed by atoms with E-state index in [1.165, 1.54) is 31.2 Å². The van der Waals surface area contributed by atoms with Gasteiger partial charge >= 0.3 is 0 Å². The third-order valence-corrected chi connectivity index (χ3v) is 4.85. The second kappa shape index (κ2) is 7.31. The summed E-state index contributed by atoms with van der Waals surface area (Å²) in [6.07, 6.45) is 6.76. The van der Waals surface area contributed by atoms with E-state index in [1.807, 2.05) is 12.1 Å². The Morgan fingerprint density at radius 1 is 1.21 bits per heavy atom. The Labute approximate surface area is 122 Å². The molecule has 3 atom stereocenters. The minimum Gasteiger partial charge on any atom is -0.310 e. The third kappa shape index (κ3) is 4.22. The Morgan fingerprint density at radius 3 is 2.53 bits per heavy atom. The molecule has 1 fully saturated rings. The van der Waals surface area contributed by atoms with Gasteiger partial charge < -0.3 is 5.32 Å². The first-order chi connectivity index (χ1) is 9.20. The molecular formula is C17H26ClN. The van der Waals surface area contributed by atoms with Crippen LogP contribution >= 0.6 is 11.6 Å². The maximum Gasteiger partial charge on any atom is 0.0406 e. The fourth-order valence-electron chi connectivity index (χ4n) is 3.18. The van der Waals surface area contributed by atoms with Crippen LogP contribution in [0.4, 0.5) is 0 Å². The minimum atomic E-state index is 0.464. The van der Waals surface area contributed by atoms with Gasteiger partial charge in [0, 0.05) is 11.1 Å². The van der Waals surface area contributed by atoms with Gasteiger partial charge in [-0.05, 0) is 48.9 Å². The lowest BCUT2D eigenvalue weighted by molar-refractivity contribution is 0.240. The molecule has 1 saturated carbocycles. The number of hydrogen-bond donors (Lipinski definition) is 1. The van der Waals surface area contributed by atoms with Gasteiger partial charge in [0.15, 0.2) is 0 Å². The van der Waals surface area contributed by atoms with Crippen molar-refractivity contribution in [3.63, 3.8) is 0 Å². The number of benzene rings is 1. The van der Waals surface area contributed by atoms with Crippen molar-refractivity contribution in [2.45, 2.75) is 52.0 Å². The summed E-state index contributed by atoms with van der Waals surface area (Å²) in [7, 11) is 0. The van der Waals surface area contributed by atoms with Crippen LogP contribution in [0.3, 0.4) is 0 Å². The molecule has 0 aliphatic heterocycles. The van der Waals surface area contributed by atoms with Crippen LogP contribution in [0.1, 0.15) is 57.6 Å². The molecule has 1 aromatic carbocycles. The Bertz CT molecular complexity index is 373. The molecule has 19 heavy (non-hydrogen) atoms. The highest BCUT2D eigenvalue weighted by Gasteiger charge is 2.22. The van der Waals surface area contributed by atoms with Gasteiger partial charge in [-0.2, -0.15) is 0 Å². The molecule has 1 nitrogen and oxygen atoms in total. The number of halogens is 1. The van der Waals surface area contributed by atoms with Crippen LogP contribution in [0.25, 0.3) is 0 Å². The normalized spacial score (nSPS) is 25.2. The van der Waals surface area contributed by atoms with E-state index in [2.05, 4.69) is 31.3 Å². The van der Waals surface area contributed by atoms with Crippen molar-refractivity contribution < 1.29 is 0 Å². The summed E-state index contributed by atoms with van der Waals surface area (Å²) >= 11 is 5.96. The summed E-state index contributed by atoms with van der Waals surface area (Å²) in [4.78, 5) is 0. The molecule has 1 aliphatic rings. The molecule has 0 amide bonds. The zero-order chi connectivity index (χ0) is 13.7. The van der Waals surface area contributed by atoms with E-state index >= 15 is 0 Å². The Balaban J connectivity index is 1.90. The molecule has 0 saturated heterocycles. The SMILES string of the molecule is CCC(NCC1CCCCC1C)c1ccc(Cl)cc1. The Kier molecular flexibility index (Phi) is 5.72. The summed E-state index contributed by atoms with van der Waals surface area (Å²) < 4.78 is 0. The van der Waals surface area contributed by atoms with E-state index in [1.54, 1.807) is 0 Å². The third-order valence-electron chi connectivity index (χ3n) is 4.60. The summed E-state index contributed by atoms with van der Waals surface area (Å²) in [5, 5.41) is 4.58. The molecule has 106 valence electrons. The topological polar surface area (TPSA) is 12.0 Å². The smallest absolute Gasteiger partial charge is 0.0406 e. The lowest BCUT2D eigenvalue weighted by atomic mass is 9.80. The van der Waals surface area contributed by atoms with Crippen molar-refractivity contribution in [2.24, 2.45) is 11.8 Å². The van der Waals surface area contributed by atoms with Gasteiger partial charge in [-0.25, -0.2) is 0 Å². The van der Waals surface area contributed by atoms with Crippen molar-refractivity contribution in [1.29, 1.82) is 0 Å². The van der Waals surface area contributed by atoms with E-state index in [0.717, 1.165) is 29.8 Å². The van der Waals surface area contributed by atoms with Crippen LogP contribution in [0.15, 0.2) is 24.3 Å². The first-order valence-electron chi connectivity index (χ1n) is 7.69. The quantitative estimate of drug-likeness (QED) is 0.780. The van der Waals surface area contributed by atoms with E-state index in [9.17, 15) is 0 Å². The van der Waals surface area contributed by atoms with Gasteiger partial charge in [0.25, 0.3) is 0 Å². The minimum absolute atomic E-state index is 0.464. The largest absolute Gasteiger partial charge is 0.310 e. The molecule has 0 heterocycles. The first kappa shape index (κ1) is 14.9. The fourth-order valence-corrected chi connectivity index (χ4v) is 3.31. The monoisotopic (exact) mass is 279 g/mol. The highest BCUT2D eigenvalue weighted by Crippen LogP contribution is 2.29. The van der Waals surface area contributed by atoms with Crippen LogP contribution in [0, 0.1) is 11.8 Å². The maximum absolute atomic E-state index is 5.96. The van der Waals surface area contributed by atoms with E-state index in [-0.39, 0.29) is 0 Å². The molecule has 3 unspecified atom stereocenters. The van der Waals surface area contributed by atoms with Gasteiger partial charge in [-0.15, -0.1) is 0 Å². The van der Waals surface area contributed by atoms with Crippen LogP contribution in [-0.2, 0) is 0 Å². The van der Waals surface area contributed by atoms with Crippen molar-refractivity contribution in [2.75, 3.05) is 6.54 Å². The van der Waals surface area contributed by atoms with E-state index < -0.39 is 0 Å². The van der Waals surface area contributed by atoms with Crippen molar-refractivity contribution in [1.82, 2.24) is 5.32 Å². The molecule has 0 spiro atoms. The predicted octanol–water partition coefficient (Wildman–Crippen LogP) is 5.21. The van der Waals surface area contributed by atoms with Crippen LogP contribution in [0.2, 0.25) is 5.02 Å². The molecule has 0 radical (unpaired) electrons. The van der Waals surface area contributed by atoms with Crippen LogP contribution in [-0.4, -0.2) is 6.54 Å². The highest BCUT2D eigenvalue weighted by molar-refractivity contribution is 6.30. The molecule has 2 rings (SSSR count). The number of nitrogens with one attached hydrogen (secondary N) is 1. The molecule has 1 aromatic rings. The highest BCUT2D eigenvalue weighted by atomic mass is 35.5. The number of hydrogen-bond acceptors (Lipinski definition) is 1. The molecule has 0 aromatic heterocycles. The average Bonchev–Trinajstić information content (AvgIpc) is 2.43. The second-order valence-electron chi connectivity index (χ2n) is 5.94. The molecular weight excluding hydrogens is 254 g/mol. The summed E-state index contributed by atoms with van der Waals surface area (Å²) in [6, 6.07) is 8.74. The Morgan fingerprint density at radius 2 is 1.89 bits per heavy atom. The molecule has 1 aliphatic carbocycles. The average molecular weight is 280 g/mol. The lowest BCUT2D eigenvalue weighted by Gasteiger charge is -2.30. The molecule has 1 N–H and O–H groups in total. The maximum atomic E-state index is 5.96. The van der Waals surface area contributed by atoms with Crippen LogP contribution < -0.4 is 5.32 Å². The summed E-state index contributed by atoms with van der Waals surface area (Å²) in [5.74, 6) is 1.74. The fraction of sp³-hybridized carbons (Fsp3) is 0.647. The van der Waals surface area contributed by atoms with Gasteiger partial charge in [-0.1, -0.05) is 56.8 Å². The zero-order valence-electron chi connectivity index (χ0n) is 12.2. The summed E-state index contributed by atoms with van der Waals surface area (Å²) in [5.41, 5.74) is 1.36. The van der Waals surface area contributed by atoms with Gasteiger partial charge in [-0.3, -0.25) is 0 Å². The predicted molar refractivity (Wildman–Crippen MR) is 83.6 cm³/mol. The van der Waals surface area contributed by atoms with Crippen LogP contribution in [0.5, 0.6) is 0 Å². The molecule has 0 bridgehead atoms. The standard InChI is InChI=1S/C17H26ClN/c1-3-17(14-8-10-16(18)11-9-14)19-12-15-7-5-4-6-13(15)2/h8-11,13,15,17,19H,3-7,12H2,1-2H3.